The smallest absolute Gasteiger partial charge is 0.414 e. The number of alkyl carbamates (subject to hydrolysis) is 1. The number of aliphatic carboxylic acids is 2. The SMILES string of the molecule is CNC(=O)OCCCN1CCC(Oc2ccccc2OC)C1.O=C(O)C(=O)O. The van der Waals surface area contributed by atoms with E-state index in [0.29, 0.717) is 6.61 Å². The van der Waals surface area contributed by atoms with E-state index < -0.39 is 11.9 Å². The summed E-state index contributed by atoms with van der Waals surface area (Å²) in [5.41, 5.74) is 0. The maximum Gasteiger partial charge on any atom is 0.414 e. The van der Waals surface area contributed by atoms with E-state index in [1.807, 2.05) is 24.3 Å². The van der Waals surface area contributed by atoms with Crippen molar-refractivity contribution in [2.75, 3.05) is 40.4 Å². The minimum absolute atomic E-state index is 0.177. The van der Waals surface area contributed by atoms with E-state index in [0.717, 1.165) is 44.0 Å². The molecule has 0 aliphatic carbocycles. The summed E-state index contributed by atoms with van der Waals surface area (Å²) in [5, 5.41) is 17.2. The average molecular weight is 398 g/mol. The van der Waals surface area contributed by atoms with Gasteiger partial charge in [0.1, 0.15) is 6.10 Å². The summed E-state index contributed by atoms with van der Waals surface area (Å²) in [6.45, 7) is 3.23. The molecular formula is C18H26N2O8. The van der Waals surface area contributed by atoms with E-state index >= 15 is 0 Å². The quantitative estimate of drug-likeness (QED) is 0.455. The fourth-order valence-corrected chi connectivity index (χ4v) is 2.52. The van der Waals surface area contributed by atoms with Gasteiger partial charge in [0.15, 0.2) is 11.5 Å². The van der Waals surface area contributed by atoms with Crippen molar-refractivity contribution in [1.82, 2.24) is 10.2 Å². The normalized spacial score (nSPS) is 15.7. The van der Waals surface area contributed by atoms with Crippen LogP contribution in [0.2, 0.25) is 0 Å². The molecule has 1 unspecified atom stereocenters. The van der Waals surface area contributed by atoms with Crippen LogP contribution in [0.5, 0.6) is 11.5 Å². The second-order valence-corrected chi connectivity index (χ2v) is 5.83. The van der Waals surface area contributed by atoms with Crippen molar-refractivity contribution in [3.8, 4) is 11.5 Å². The number of nitrogens with one attached hydrogen (secondary N) is 1. The molecule has 1 aliphatic heterocycles. The summed E-state index contributed by atoms with van der Waals surface area (Å²) in [6, 6.07) is 7.71. The van der Waals surface area contributed by atoms with Crippen LogP contribution in [0.15, 0.2) is 24.3 Å². The van der Waals surface area contributed by atoms with Crippen LogP contribution >= 0.6 is 0 Å². The van der Waals surface area contributed by atoms with Gasteiger partial charge < -0.3 is 29.7 Å². The molecule has 0 saturated carbocycles. The zero-order chi connectivity index (χ0) is 20.9. The van der Waals surface area contributed by atoms with Gasteiger partial charge in [-0.3, -0.25) is 4.90 Å². The minimum atomic E-state index is -1.82. The van der Waals surface area contributed by atoms with Crippen LogP contribution in [0, 0.1) is 0 Å². The maximum absolute atomic E-state index is 10.9. The van der Waals surface area contributed by atoms with Crippen molar-refractivity contribution < 1.29 is 38.8 Å². The topological polar surface area (TPSA) is 135 Å². The lowest BCUT2D eigenvalue weighted by Gasteiger charge is -2.18. The van der Waals surface area contributed by atoms with Crippen LogP contribution in [-0.2, 0) is 14.3 Å². The Bertz CT molecular complexity index is 640. The minimum Gasteiger partial charge on any atom is -0.493 e. The number of carbonyl (C=O) groups excluding carboxylic acids is 1. The number of ether oxygens (including phenoxy) is 3. The molecule has 0 radical (unpaired) electrons. The van der Waals surface area contributed by atoms with Crippen LogP contribution in [0.25, 0.3) is 0 Å². The summed E-state index contributed by atoms with van der Waals surface area (Å²) < 4.78 is 16.3. The Morgan fingerprint density at radius 1 is 1.18 bits per heavy atom. The van der Waals surface area contributed by atoms with Gasteiger partial charge in [0, 0.05) is 26.7 Å². The van der Waals surface area contributed by atoms with Gasteiger partial charge in [-0.15, -0.1) is 0 Å². The Morgan fingerprint density at radius 2 is 1.82 bits per heavy atom. The average Bonchev–Trinajstić information content (AvgIpc) is 3.13. The highest BCUT2D eigenvalue weighted by molar-refractivity contribution is 6.27. The first-order valence-electron chi connectivity index (χ1n) is 8.70. The number of carboxylic acid groups (broad SMARTS) is 2. The number of carboxylic acids is 2. The number of rotatable bonds is 7. The molecule has 156 valence electrons. The lowest BCUT2D eigenvalue weighted by molar-refractivity contribution is -0.159. The fourth-order valence-electron chi connectivity index (χ4n) is 2.52. The standard InChI is InChI=1S/C16H24N2O4.C2H2O4/c1-17-16(19)21-11-5-9-18-10-8-13(12-18)22-15-7-4-3-6-14(15)20-2;3-1(4)2(5)6/h3-4,6-7,13H,5,8-12H2,1-2H3,(H,17,19);(H,3,4)(H,5,6). The molecule has 1 amide bonds. The Kier molecular flexibility index (Phi) is 10.2. The van der Waals surface area contributed by atoms with Gasteiger partial charge in [0.2, 0.25) is 0 Å². The van der Waals surface area contributed by atoms with Gasteiger partial charge >= 0.3 is 18.0 Å². The first kappa shape index (κ1) is 23.0. The van der Waals surface area contributed by atoms with Crippen LogP contribution in [0.3, 0.4) is 0 Å². The van der Waals surface area contributed by atoms with Crippen LogP contribution in [0.4, 0.5) is 4.79 Å². The van der Waals surface area contributed by atoms with Crippen molar-refractivity contribution >= 4 is 18.0 Å². The number of hydrogen-bond donors (Lipinski definition) is 3. The molecule has 1 atom stereocenters. The molecule has 1 fully saturated rings. The van der Waals surface area contributed by atoms with E-state index in [4.69, 9.17) is 34.0 Å². The predicted octanol–water partition coefficient (Wildman–Crippen LogP) is 1.05. The molecule has 2 rings (SSSR count). The third-order valence-corrected chi connectivity index (χ3v) is 3.83. The number of amides is 1. The van der Waals surface area contributed by atoms with Crippen molar-refractivity contribution in [3.63, 3.8) is 0 Å². The van der Waals surface area contributed by atoms with Crippen molar-refractivity contribution in [2.24, 2.45) is 0 Å². The molecule has 0 aromatic heterocycles. The third-order valence-electron chi connectivity index (χ3n) is 3.83. The zero-order valence-electron chi connectivity index (χ0n) is 15.9. The van der Waals surface area contributed by atoms with Gasteiger partial charge in [0.25, 0.3) is 0 Å². The molecule has 3 N–H and O–H groups in total. The first-order chi connectivity index (χ1) is 13.4. The van der Waals surface area contributed by atoms with Crippen molar-refractivity contribution in [2.45, 2.75) is 18.9 Å². The molecule has 28 heavy (non-hydrogen) atoms. The van der Waals surface area contributed by atoms with Gasteiger partial charge in [-0.2, -0.15) is 0 Å². The Labute approximate surface area is 163 Å². The van der Waals surface area contributed by atoms with E-state index in [-0.39, 0.29) is 12.2 Å². The third kappa shape index (κ3) is 8.58. The number of carbonyl (C=O) groups is 3. The van der Waals surface area contributed by atoms with E-state index in [9.17, 15) is 4.79 Å². The summed E-state index contributed by atoms with van der Waals surface area (Å²) in [6.07, 6.45) is 1.62. The second kappa shape index (κ2) is 12.4. The summed E-state index contributed by atoms with van der Waals surface area (Å²) >= 11 is 0. The highest BCUT2D eigenvalue weighted by Crippen LogP contribution is 2.28. The van der Waals surface area contributed by atoms with Crippen LogP contribution in [-0.4, -0.2) is 79.6 Å². The van der Waals surface area contributed by atoms with Crippen molar-refractivity contribution in [1.29, 1.82) is 0 Å². The number of likely N-dealkylation sites (tertiary alicyclic amines) is 1. The molecule has 1 heterocycles. The highest BCUT2D eigenvalue weighted by atomic mass is 16.5. The number of benzene rings is 1. The van der Waals surface area contributed by atoms with Crippen molar-refractivity contribution in [3.05, 3.63) is 24.3 Å². The van der Waals surface area contributed by atoms with Gasteiger partial charge in [-0.05, 0) is 25.0 Å². The number of para-hydroxylation sites is 2. The summed E-state index contributed by atoms with van der Waals surface area (Å²) in [7, 11) is 3.21. The molecule has 1 aromatic carbocycles. The molecule has 10 heteroatoms. The van der Waals surface area contributed by atoms with Gasteiger partial charge in [-0.25, -0.2) is 14.4 Å². The number of nitrogens with zero attached hydrogens (tertiary/aromatic N) is 1. The monoisotopic (exact) mass is 398 g/mol. The Hall–Kier alpha value is -3.01. The largest absolute Gasteiger partial charge is 0.493 e. The number of methoxy groups -OCH3 is 1. The van der Waals surface area contributed by atoms with Gasteiger partial charge in [-0.1, -0.05) is 12.1 Å². The Balaban J connectivity index is 0.000000568. The first-order valence-corrected chi connectivity index (χ1v) is 8.70. The molecule has 0 bridgehead atoms. The van der Waals surface area contributed by atoms with E-state index in [1.165, 1.54) is 0 Å². The van der Waals surface area contributed by atoms with E-state index in [2.05, 4.69) is 10.2 Å². The highest BCUT2D eigenvalue weighted by Gasteiger charge is 2.24. The molecule has 0 spiro atoms. The van der Waals surface area contributed by atoms with Crippen LogP contribution < -0.4 is 14.8 Å². The molecule has 1 saturated heterocycles. The molecule has 1 aromatic rings. The predicted molar refractivity (Wildman–Crippen MR) is 98.8 cm³/mol. The lowest BCUT2D eigenvalue weighted by atomic mass is 10.3. The number of hydrogen-bond acceptors (Lipinski definition) is 7. The molecule has 1 aliphatic rings. The van der Waals surface area contributed by atoms with E-state index in [1.54, 1.807) is 14.2 Å². The maximum atomic E-state index is 10.9. The Morgan fingerprint density at radius 3 is 2.39 bits per heavy atom. The lowest BCUT2D eigenvalue weighted by Crippen LogP contribution is -2.27. The fraction of sp³-hybridized carbons (Fsp3) is 0.500. The molecular weight excluding hydrogens is 372 g/mol. The second-order valence-electron chi connectivity index (χ2n) is 5.83. The van der Waals surface area contributed by atoms with Gasteiger partial charge in [0.05, 0.1) is 13.7 Å². The van der Waals surface area contributed by atoms with Crippen LogP contribution in [0.1, 0.15) is 12.8 Å². The summed E-state index contributed by atoms with van der Waals surface area (Å²) in [5.74, 6) is -2.09. The summed E-state index contributed by atoms with van der Waals surface area (Å²) in [4.78, 5) is 31.5. The zero-order valence-corrected chi connectivity index (χ0v) is 15.9. The molecule has 10 nitrogen and oxygen atoms in total.